The van der Waals surface area contributed by atoms with Crippen molar-refractivity contribution in [2.45, 2.75) is 12.8 Å². The molecule has 0 aliphatic heterocycles. The first kappa shape index (κ1) is 28.2. The summed E-state index contributed by atoms with van der Waals surface area (Å²) in [6.45, 7) is 2.12. The van der Waals surface area contributed by atoms with Gasteiger partial charge in [-0.05, 0) is 94.1 Å². The van der Waals surface area contributed by atoms with Gasteiger partial charge in [-0.1, -0.05) is 31.2 Å². The van der Waals surface area contributed by atoms with Crippen molar-refractivity contribution < 1.29 is 38.7 Å². The first-order valence-electron chi connectivity index (χ1n) is 13.2. The number of fused-ring (bicyclic) bond motifs is 3. The Morgan fingerprint density at radius 2 is 1.33 bits per heavy atom. The normalized spacial score (nSPS) is 13.5. The number of esters is 1. The van der Waals surface area contributed by atoms with Gasteiger partial charge in [-0.2, -0.15) is 0 Å². The Labute approximate surface area is 243 Å². The minimum Gasteiger partial charge on any atom is -0.504 e. The number of hydrogen-bond donors (Lipinski definition) is 2. The molecule has 5 rings (SSSR count). The predicted molar refractivity (Wildman–Crippen MR) is 159 cm³/mol. The van der Waals surface area contributed by atoms with Crippen LogP contribution in [0.5, 0.6) is 34.5 Å². The number of phenolic OH excluding ortho intramolecular Hbond substituents is 2. The van der Waals surface area contributed by atoms with Gasteiger partial charge >= 0.3 is 5.97 Å². The van der Waals surface area contributed by atoms with Crippen molar-refractivity contribution in [1.29, 1.82) is 0 Å². The van der Waals surface area contributed by atoms with Crippen molar-refractivity contribution in [3.8, 4) is 45.6 Å². The maximum absolute atomic E-state index is 12.5. The Hall–Kier alpha value is -5.37. The third-order valence-electron chi connectivity index (χ3n) is 6.96. The van der Waals surface area contributed by atoms with Gasteiger partial charge in [0.1, 0.15) is 11.5 Å². The quantitative estimate of drug-likeness (QED) is 0.0534. The molecule has 0 heterocycles. The van der Waals surface area contributed by atoms with Crippen LogP contribution in [0.4, 0.5) is 0 Å². The van der Waals surface area contributed by atoms with Gasteiger partial charge < -0.3 is 33.9 Å². The number of ether oxygens (including phenoxy) is 5. The Morgan fingerprint density at radius 3 is 1.95 bits per heavy atom. The monoisotopic (exact) mass is 566 g/mol. The molecule has 42 heavy (non-hydrogen) atoms. The third-order valence-corrected chi connectivity index (χ3v) is 6.96. The van der Waals surface area contributed by atoms with E-state index in [1.807, 2.05) is 30.3 Å². The number of rotatable bonds is 10. The zero-order valence-corrected chi connectivity index (χ0v) is 23.4. The highest BCUT2D eigenvalue weighted by Crippen LogP contribution is 2.47. The Balaban J connectivity index is 1.19. The van der Waals surface area contributed by atoms with Crippen molar-refractivity contribution in [2.75, 3.05) is 21.0 Å². The molecule has 8 heteroatoms. The molecule has 0 radical (unpaired) electrons. The van der Waals surface area contributed by atoms with Gasteiger partial charge in [-0.25, -0.2) is 4.79 Å². The highest BCUT2D eigenvalue weighted by Gasteiger charge is 2.26. The van der Waals surface area contributed by atoms with E-state index in [2.05, 4.69) is 6.92 Å². The van der Waals surface area contributed by atoms with Crippen LogP contribution >= 0.6 is 0 Å². The zero-order valence-electron chi connectivity index (χ0n) is 23.4. The van der Waals surface area contributed by atoms with Gasteiger partial charge in [0.2, 0.25) is 6.79 Å². The number of aromatic hydroxyl groups is 2. The Kier molecular flexibility index (Phi) is 8.34. The van der Waals surface area contributed by atoms with E-state index in [9.17, 15) is 15.0 Å². The molecule has 4 aromatic carbocycles. The topological polar surface area (TPSA) is 104 Å². The molecule has 0 saturated heterocycles. The number of benzene rings is 4. The lowest BCUT2D eigenvalue weighted by atomic mass is 9.99. The van der Waals surface area contributed by atoms with E-state index in [0.717, 1.165) is 27.8 Å². The number of carbonyl (C=O) groups excluding carboxylic acids is 1. The van der Waals surface area contributed by atoms with E-state index in [-0.39, 0.29) is 24.2 Å². The van der Waals surface area contributed by atoms with Crippen molar-refractivity contribution in [1.82, 2.24) is 0 Å². The van der Waals surface area contributed by atoms with E-state index in [1.165, 1.54) is 32.6 Å². The first-order chi connectivity index (χ1) is 20.4. The second-order valence-electron chi connectivity index (χ2n) is 9.57. The fourth-order valence-electron chi connectivity index (χ4n) is 4.79. The third kappa shape index (κ3) is 6.18. The number of carbonyl (C=O) groups is 1. The number of methoxy groups -OCH3 is 2. The molecular weight excluding hydrogens is 536 g/mol. The highest BCUT2D eigenvalue weighted by atomic mass is 16.7. The molecule has 214 valence electrons. The summed E-state index contributed by atoms with van der Waals surface area (Å²) in [5.74, 6) is 1.49. The summed E-state index contributed by atoms with van der Waals surface area (Å²) in [4.78, 5) is 12.5. The summed E-state index contributed by atoms with van der Waals surface area (Å²) < 4.78 is 27.1. The second-order valence-corrected chi connectivity index (χ2v) is 9.57. The number of hydrogen-bond acceptors (Lipinski definition) is 8. The lowest BCUT2D eigenvalue weighted by Crippen LogP contribution is -2.04. The molecule has 0 aromatic heterocycles. The van der Waals surface area contributed by atoms with Crippen LogP contribution in [0, 0.1) is 0 Å². The van der Waals surface area contributed by atoms with Crippen LogP contribution in [0.3, 0.4) is 0 Å². The maximum atomic E-state index is 12.5. The molecule has 2 N–H and O–H groups in total. The summed E-state index contributed by atoms with van der Waals surface area (Å²) in [5, 5.41) is 19.4. The predicted octanol–water partition coefficient (Wildman–Crippen LogP) is 6.89. The fraction of sp³-hybridized carbons (Fsp3) is 0.147. The van der Waals surface area contributed by atoms with Crippen molar-refractivity contribution in [3.05, 3.63) is 107 Å². The molecule has 4 aromatic rings. The van der Waals surface area contributed by atoms with Crippen molar-refractivity contribution in [3.63, 3.8) is 0 Å². The number of phenols is 2. The zero-order chi connectivity index (χ0) is 29.6. The Morgan fingerprint density at radius 1 is 0.762 bits per heavy atom. The summed E-state index contributed by atoms with van der Waals surface area (Å²) in [6.07, 6.45) is 6.20. The van der Waals surface area contributed by atoms with Gasteiger partial charge in [-0.3, -0.25) is 0 Å². The maximum Gasteiger partial charge on any atom is 0.336 e. The first-order valence-corrected chi connectivity index (χ1v) is 13.2. The molecule has 0 bridgehead atoms. The average molecular weight is 567 g/mol. The van der Waals surface area contributed by atoms with Crippen molar-refractivity contribution in [2.24, 2.45) is 0 Å². The van der Waals surface area contributed by atoms with Crippen LogP contribution in [-0.4, -0.2) is 37.2 Å². The minimum absolute atomic E-state index is 0.0242. The highest BCUT2D eigenvalue weighted by molar-refractivity contribution is 5.89. The summed E-state index contributed by atoms with van der Waals surface area (Å²) in [5.41, 5.74) is 5.86. The van der Waals surface area contributed by atoms with E-state index < -0.39 is 5.97 Å². The summed E-state index contributed by atoms with van der Waals surface area (Å²) in [6, 6.07) is 21.4. The molecule has 1 aliphatic rings. The van der Waals surface area contributed by atoms with Crippen LogP contribution in [0.1, 0.15) is 35.1 Å². The second kappa shape index (κ2) is 12.4. The van der Waals surface area contributed by atoms with Gasteiger partial charge in [0, 0.05) is 12.0 Å². The SMILES string of the molecule is COc1cc(C=COCOc2ccc3c(c2)C(C)c2cc(OC(=O)C=Cc4ccc(O)c(OC)c4)ccc2-3)ccc1O. The molecule has 0 saturated carbocycles. The summed E-state index contributed by atoms with van der Waals surface area (Å²) >= 11 is 0. The molecular formula is C34H30O8. The average Bonchev–Trinajstić information content (AvgIpc) is 3.27. The van der Waals surface area contributed by atoms with Gasteiger partial charge in [0.15, 0.2) is 23.0 Å². The van der Waals surface area contributed by atoms with E-state index in [0.29, 0.717) is 28.6 Å². The molecule has 0 amide bonds. The van der Waals surface area contributed by atoms with Crippen LogP contribution in [-0.2, 0) is 9.53 Å². The van der Waals surface area contributed by atoms with Crippen LogP contribution in [0.25, 0.3) is 23.3 Å². The molecule has 1 atom stereocenters. The molecule has 1 unspecified atom stereocenters. The fourth-order valence-corrected chi connectivity index (χ4v) is 4.79. The minimum atomic E-state index is -0.514. The largest absolute Gasteiger partial charge is 0.504 e. The van der Waals surface area contributed by atoms with Crippen LogP contribution < -0.4 is 18.9 Å². The van der Waals surface area contributed by atoms with E-state index >= 15 is 0 Å². The van der Waals surface area contributed by atoms with E-state index in [1.54, 1.807) is 48.6 Å². The smallest absolute Gasteiger partial charge is 0.336 e. The van der Waals surface area contributed by atoms with Crippen molar-refractivity contribution >= 4 is 18.1 Å². The van der Waals surface area contributed by atoms with Crippen LogP contribution in [0.15, 0.2) is 85.1 Å². The van der Waals surface area contributed by atoms with Gasteiger partial charge in [0.25, 0.3) is 0 Å². The molecule has 0 spiro atoms. The van der Waals surface area contributed by atoms with Crippen LogP contribution in [0.2, 0.25) is 0 Å². The van der Waals surface area contributed by atoms with Gasteiger partial charge in [-0.15, -0.1) is 0 Å². The lowest BCUT2D eigenvalue weighted by Gasteiger charge is -2.10. The Bertz CT molecular complexity index is 1670. The lowest BCUT2D eigenvalue weighted by molar-refractivity contribution is -0.128. The molecule has 1 aliphatic carbocycles. The van der Waals surface area contributed by atoms with E-state index in [4.69, 9.17) is 23.7 Å². The molecule has 8 nitrogen and oxygen atoms in total. The standard InChI is InChI=1S/C34H30O8/c1-21-28-18-24(41-20-40-15-14-23-5-12-31(36)33(17-23)39-3)7-9-26(28)27-10-8-25(19-29(21)27)42-34(37)13-6-22-4-11-30(35)32(16-22)38-2/h4-19,21,35-36H,20H2,1-3H3. The summed E-state index contributed by atoms with van der Waals surface area (Å²) in [7, 11) is 2.96. The molecule has 0 fully saturated rings. The van der Waals surface area contributed by atoms with Gasteiger partial charge in [0.05, 0.1) is 20.5 Å².